The van der Waals surface area contributed by atoms with E-state index in [9.17, 15) is 8.78 Å². The second kappa shape index (κ2) is 10.7. The van der Waals surface area contributed by atoms with Gasteiger partial charge in [0.1, 0.15) is 0 Å². The van der Waals surface area contributed by atoms with Crippen molar-refractivity contribution in [3.63, 3.8) is 0 Å². The largest absolute Gasteiger partial charge is 0.490 e. The summed E-state index contributed by atoms with van der Waals surface area (Å²) in [5, 5.41) is 0. The zero-order chi connectivity index (χ0) is 18.2. The molecule has 142 valence electrons. The summed E-state index contributed by atoms with van der Waals surface area (Å²) in [6, 6.07) is 3.09. The molecule has 1 aromatic rings. The minimum Gasteiger partial charge on any atom is -0.490 e. The first-order valence-electron chi connectivity index (χ1n) is 9.74. The van der Waals surface area contributed by atoms with Crippen molar-refractivity contribution >= 4 is 22.6 Å². The van der Waals surface area contributed by atoms with Crippen LogP contribution in [0.15, 0.2) is 12.1 Å². The van der Waals surface area contributed by atoms with Gasteiger partial charge in [0.05, 0.1) is 6.61 Å². The molecule has 1 saturated carbocycles. The Morgan fingerprint density at radius 3 is 2.48 bits per heavy atom. The Kier molecular flexibility index (Phi) is 8.94. The van der Waals surface area contributed by atoms with Crippen LogP contribution in [-0.4, -0.2) is 10.5 Å². The van der Waals surface area contributed by atoms with Crippen LogP contribution in [0.5, 0.6) is 5.75 Å². The second-order valence-corrected chi connectivity index (χ2v) is 9.18. The van der Waals surface area contributed by atoms with Gasteiger partial charge in [0.15, 0.2) is 11.6 Å². The van der Waals surface area contributed by atoms with Gasteiger partial charge in [-0.05, 0) is 68.9 Å². The number of aryl methyl sites for hydroxylation is 1. The lowest BCUT2D eigenvalue weighted by atomic mass is 9.76. The smallest absolute Gasteiger partial charge is 0.200 e. The van der Waals surface area contributed by atoms with Gasteiger partial charge in [0, 0.05) is 3.92 Å². The van der Waals surface area contributed by atoms with Crippen LogP contribution in [0.2, 0.25) is 0 Å². The molecule has 0 amide bonds. The summed E-state index contributed by atoms with van der Waals surface area (Å²) in [5.41, 5.74) is 0.313. The van der Waals surface area contributed by atoms with Gasteiger partial charge < -0.3 is 4.74 Å². The van der Waals surface area contributed by atoms with Gasteiger partial charge in [-0.1, -0.05) is 54.8 Å². The summed E-state index contributed by atoms with van der Waals surface area (Å²) in [5.74, 6) is 0.0809. The summed E-state index contributed by atoms with van der Waals surface area (Å²) < 4.78 is 33.6. The lowest BCUT2D eigenvalue weighted by Crippen LogP contribution is -2.22. The predicted molar refractivity (Wildman–Crippen MR) is 109 cm³/mol. The first-order valence-corrected chi connectivity index (χ1v) is 11.0. The number of hydrogen-bond acceptors (Lipinski definition) is 1. The molecule has 25 heavy (non-hydrogen) atoms. The van der Waals surface area contributed by atoms with Gasteiger partial charge >= 0.3 is 0 Å². The average molecular weight is 464 g/mol. The first-order chi connectivity index (χ1) is 12.0. The Morgan fingerprint density at radius 1 is 1.08 bits per heavy atom. The van der Waals surface area contributed by atoms with Crippen LogP contribution >= 0.6 is 22.6 Å². The zero-order valence-corrected chi connectivity index (χ0v) is 17.7. The van der Waals surface area contributed by atoms with E-state index in [2.05, 4.69) is 29.5 Å². The van der Waals surface area contributed by atoms with Crippen LogP contribution in [-0.2, 0) is 0 Å². The molecule has 4 heteroatoms. The van der Waals surface area contributed by atoms with E-state index in [0.29, 0.717) is 12.2 Å². The molecule has 0 bridgehead atoms. The van der Waals surface area contributed by atoms with Gasteiger partial charge in [-0.15, -0.1) is 0 Å². The first kappa shape index (κ1) is 20.9. The topological polar surface area (TPSA) is 9.23 Å². The fraction of sp³-hybridized carbons (Fsp3) is 0.714. The van der Waals surface area contributed by atoms with Gasteiger partial charge in [-0.2, -0.15) is 4.39 Å². The number of unbranched alkanes of at least 4 members (excludes halogenated alkanes) is 1. The Balaban J connectivity index is 1.72. The molecule has 0 spiro atoms. The third-order valence-electron chi connectivity index (χ3n) is 5.49. The van der Waals surface area contributed by atoms with Gasteiger partial charge in [0.25, 0.3) is 0 Å². The average Bonchev–Trinajstić information content (AvgIpc) is 2.61. The molecule has 0 aliphatic heterocycles. The maximum atomic E-state index is 13.8. The third-order valence-corrected chi connectivity index (χ3v) is 6.74. The van der Waals surface area contributed by atoms with E-state index in [1.54, 1.807) is 13.0 Å². The number of rotatable bonds is 9. The van der Waals surface area contributed by atoms with Crippen LogP contribution < -0.4 is 4.74 Å². The Hall–Kier alpha value is -0.390. The number of ether oxygens (including phenoxy) is 1. The Bertz CT molecular complexity index is 527. The van der Waals surface area contributed by atoms with Crippen molar-refractivity contribution in [2.24, 2.45) is 11.8 Å². The van der Waals surface area contributed by atoms with Crippen molar-refractivity contribution in [2.75, 3.05) is 6.61 Å². The highest BCUT2D eigenvalue weighted by Gasteiger charge is 2.25. The molecule has 0 N–H and O–H groups in total. The maximum Gasteiger partial charge on any atom is 0.200 e. The molecular weight excluding hydrogens is 433 g/mol. The van der Waals surface area contributed by atoms with Crippen molar-refractivity contribution < 1.29 is 13.5 Å². The lowest BCUT2D eigenvalue weighted by Gasteiger charge is -2.32. The van der Waals surface area contributed by atoms with E-state index in [1.807, 2.05) is 0 Å². The molecule has 1 aromatic carbocycles. The van der Waals surface area contributed by atoms with Gasteiger partial charge in [-0.3, -0.25) is 0 Å². The molecule has 1 fully saturated rings. The fourth-order valence-corrected chi connectivity index (χ4v) is 4.69. The molecule has 2 rings (SSSR count). The highest BCUT2D eigenvalue weighted by Crippen LogP contribution is 2.37. The van der Waals surface area contributed by atoms with Crippen molar-refractivity contribution in [3.05, 3.63) is 29.3 Å². The Morgan fingerprint density at radius 2 is 1.80 bits per heavy atom. The Labute approximate surface area is 165 Å². The normalized spacial score (nSPS) is 22.0. The minimum atomic E-state index is -0.862. The van der Waals surface area contributed by atoms with Crippen molar-refractivity contribution in [1.29, 1.82) is 0 Å². The van der Waals surface area contributed by atoms with E-state index < -0.39 is 11.6 Å². The van der Waals surface area contributed by atoms with E-state index in [1.165, 1.54) is 51.0 Å². The number of hydrogen-bond donors (Lipinski definition) is 0. The van der Waals surface area contributed by atoms with Crippen molar-refractivity contribution in [2.45, 2.75) is 75.6 Å². The summed E-state index contributed by atoms with van der Waals surface area (Å²) in [4.78, 5) is 0. The molecule has 0 aromatic heterocycles. The molecular formula is C21H31F2IO. The highest BCUT2D eigenvalue weighted by atomic mass is 127. The van der Waals surface area contributed by atoms with Crippen LogP contribution in [0.25, 0.3) is 0 Å². The molecule has 0 saturated heterocycles. The second-order valence-electron chi connectivity index (χ2n) is 7.41. The molecule has 1 nitrogen and oxygen atoms in total. The number of halogens is 3. The van der Waals surface area contributed by atoms with E-state index in [4.69, 9.17) is 4.74 Å². The molecule has 1 aliphatic rings. The fourth-order valence-electron chi connectivity index (χ4n) is 3.97. The molecule has 1 atom stereocenters. The maximum absolute atomic E-state index is 13.8. The quantitative estimate of drug-likeness (QED) is 0.213. The monoisotopic (exact) mass is 464 g/mol. The lowest BCUT2D eigenvalue weighted by molar-refractivity contribution is 0.216. The van der Waals surface area contributed by atoms with E-state index in [-0.39, 0.29) is 5.75 Å². The third kappa shape index (κ3) is 6.37. The van der Waals surface area contributed by atoms with E-state index in [0.717, 1.165) is 28.6 Å². The summed E-state index contributed by atoms with van der Waals surface area (Å²) in [7, 11) is 0. The van der Waals surface area contributed by atoms with Crippen molar-refractivity contribution in [1.82, 2.24) is 0 Å². The predicted octanol–water partition coefficient (Wildman–Crippen LogP) is 7.23. The highest BCUT2D eigenvalue weighted by molar-refractivity contribution is 14.1. The van der Waals surface area contributed by atoms with Crippen LogP contribution in [0.3, 0.4) is 0 Å². The minimum absolute atomic E-state index is 0.0357. The van der Waals surface area contributed by atoms with Gasteiger partial charge in [0.2, 0.25) is 5.82 Å². The molecule has 1 aliphatic carbocycles. The molecule has 1 unspecified atom stereocenters. The molecule has 0 heterocycles. The summed E-state index contributed by atoms with van der Waals surface area (Å²) in [6.45, 7) is 4.29. The number of alkyl halides is 1. The van der Waals surface area contributed by atoms with Crippen LogP contribution in [0.1, 0.15) is 70.3 Å². The molecule has 0 radical (unpaired) electrons. The standard InChI is InChI=1S/C21H31F2IO/c1-3-6-16(17-9-11-18(24)12-10-17)7-4-5-14-25-19-13-8-15(2)20(22)21(19)23/h8,13,16-18H,3-7,9-12,14H2,1-2H3. The number of benzene rings is 1. The van der Waals surface area contributed by atoms with Crippen molar-refractivity contribution in [3.8, 4) is 5.75 Å². The summed E-state index contributed by atoms with van der Waals surface area (Å²) >= 11 is 2.59. The van der Waals surface area contributed by atoms with Gasteiger partial charge in [-0.25, -0.2) is 4.39 Å². The van der Waals surface area contributed by atoms with Crippen LogP contribution in [0.4, 0.5) is 8.78 Å². The van der Waals surface area contributed by atoms with E-state index >= 15 is 0 Å². The zero-order valence-electron chi connectivity index (χ0n) is 15.5. The SMILES string of the molecule is CCCC(CCCCOc1ccc(C)c(F)c1F)C1CCC(I)CC1. The van der Waals surface area contributed by atoms with Crippen LogP contribution in [0, 0.1) is 30.4 Å². The summed E-state index contributed by atoms with van der Waals surface area (Å²) in [6.07, 6.45) is 11.3.